The van der Waals surface area contributed by atoms with E-state index in [9.17, 15) is 4.79 Å². The molecule has 0 saturated carbocycles. The largest absolute Gasteiger partial charge is 0.492 e. The van der Waals surface area contributed by atoms with Gasteiger partial charge in [0.25, 0.3) is 0 Å². The first-order valence-corrected chi connectivity index (χ1v) is 7.52. The first-order chi connectivity index (χ1) is 9.72. The Morgan fingerprint density at radius 2 is 2.29 bits per heavy atom. The number of rotatable bonds is 2. The van der Waals surface area contributed by atoms with Crippen LogP contribution in [0.5, 0.6) is 5.75 Å². The van der Waals surface area contributed by atoms with Crippen LogP contribution in [0.25, 0.3) is 0 Å². The first kappa shape index (κ1) is 16.4. The van der Waals surface area contributed by atoms with E-state index in [4.69, 9.17) is 16.3 Å². The Bertz CT molecular complexity index is 504. The van der Waals surface area contributed by atoms with Crippen LogP contribution >= 0.6 is 24.0 Å². The number of nitrogens with one attached hydrogen (secondary N) is 2. The maximum absolute atomic E-state index is 12.3. The zero-order valence-corrected chi connectivity index (χ0v) is 13.3. The standard InChI is InChI=1S/C15H19ClN2O2.ClH/c16-12-3-4-14-10(7-12)6-11(9-20-14)15(19)18-13-2-1-5-17-8-13;/h3-4,7,11,13,17H,1-2,5-6,8-9H2,(H,18,19);1H/t11?,13-;/m0./s1. The second-order valence-electron chi connectivity index (χ2n) is 5.52. The van der Waals surface area contributed by atoms with Crippen molar-refractivity contribution < 1.29 is 9.53 Å². The molecule has 6 heteroatoms. The van der Waals surface area contributed by atoms with Crippen molar-refractivity contribution in [2.24, 2.45) is 5.92 Å². The van der Waals surface area contributed by atoms with Gasteiger partial charge in [0.15, 0.2) is 0 Å². The van der Waals surface area contributed by atoms with Gasteiger partial charge in [-0.05, 0) is 49.6 Å². The van der Waals surface area contributed by atoms with Crippen molar-refractivity contribution in [3.05, 3.63) is 28.8 Å². The minimum atomic E-state index is -0.122. The highest BCUT2D eigenvalue weighted by Crippen LogP contribution is 2.29. The summed E-state index contributed by atoms with van der Waals surface area (Å²) in [4.78, 5) is 12.3. The summed E-state index contributed by atoms with van der Waals surface area (Å²) in [5.74, 6) is 0.810. The van der Waals surface area contributed by atoms with Gasteiger partial charge in [0.05, 0.1) is 5.92 Å². The highest BCUT2D eigenvalue weighted by Gasteiger charge is 2.28. The Morgan fingerprint density at radius 1 is 1.43 bits per heavy atom. The molecule has 2 aliphatic rings. The molecule has 0 aromatic heterocycles. The summed E-state index contributed by atoms with van der Waals surface area (Å²) in [6, 6.07) is 5.82. The molecule has 4 nitrogen and oxygen atoms in total. The minimum absolute atomic E-state index is 0. The van der Waals surface area contributed by atoms with Crippen molar-refractivity contribution in [2.75, 3.05) is 19.7 Å². The lowest BCUT2D eigenvalue weighted by molar-refractivity contribution is -0.127. The van der Waals surface area contributed by atoms with E-state index >= 15 is 0 Å². The molecule has 0 radical (unpaired) electrons. The molecule has 2 aliphatic heterocycles. The second-order valence-corrected chi connectivity index (χ2v) is 5.95. The van der Waals surface area contributed by atoms with Gasteiger partial charge in [-0.15, -0.1) is 12.4 Å². The zero-order valence-electron chi connectivity index (χ0n) is 11.7. The highest BCUT2D eigenvalue weighted by molar-refractivity contribution is 6.30. The molecule has 0 aliphatic carbocycles. The van der Waals surface area contributed by atoms with Gasteiger partial charge in [0.2, 0.25) is 5.91 Å². The molecule has 0 bridgehead atoms. The quantitative estimate of drug-likeness (QED) is 0.873. The van der Waals surface area contributed by atoms with Crippen molar-refractivity contribution >= 4 is 29.9 Å². The molecule has 1 fully saturated rings. The molecular weight excluding hydrogens is 311 g/mol. The summed E-state index contributed by atoms with van der Waals surface area (Å²) in [6.07, 6.45) is 2.86. The number of hydrogen-bond acceptors (Lipinski definition) is 3. The molecule has 0 spiro atoms. The van der Waals surface area contributed by atoms with Crippen molar-refractivity contribution in [3.63, 3.8) is 0 Å². The van der Waals surface area contributed by atoms with Crippen molar-refractivity contribution in [1.82, 2.24) is 10.6 Å². The number of ether oxygens (including phenoxy) is 1. The molecule has 2 heterocycles. The normalized spacial score (nSPS) is 24.2. The van der Waals surface area contributed by atoms with Crippen LogP contribution in [0.4, 0.5) is 0 Å². The summed E-state index contributed by atoms with van der Waals surface area (Å²) in [5, 5.41) is 7.11. The van der Waals surface area contributed by atoms with Gasteiger partial charge in [-0.3, -0.25) is 4.79 Å². The highest BCUT2D eigenvalue weighted by atomic mass is 35.5. The number of carbonyl (C=O) groups excluding carboxylic acids is 1. The van der Waals surface area contributed by atoms with Gasteiger partial charge in [-0.2, -0.15) is 0 Å². The van der Waals surface area contributed by atoms with Crippen LogP contribution in [0.1, 0.15) is 18.4 Å². The number of benzene rings is 1. The second kappa shape index (κ2) is 7.34. The van der Waals surface area contributed by atoms with Gasteiger partial charge in [-0.25, -0.2) is 0 Å². The molecule has 21 heavy (non-hydrogen) atoms. The summed E-state index contributed by atoms with van der Waals surface area (Å²) < 4.78 is 5.67. The van der Waals surface area contributed by atoms with Crippen LogP contribution < -0.4 is 15.4 Å². The number of fused-ring (bicyclic) bond motifs is 1. The average molecular weight is 331 g/mol. The third kappa shape index (κ3) is 4.02. The van der Waals surface area contributed by atoms with Crippen molar-refractivity contribution in [3.8, 4) is 5.75 Å². The van der Waals surface area contributed by atoms with Gasteiger partial charge in [0, 0.05) is 17.6 Å². The van der Waals surface area contributed by atoms with E-state index in [0.717, 1.165) is 37.2 Å². The monoisotopic (exact) mass is 330 g/mol. The molecule has 1 aromatic rings. The van der Waals surface area contributed by atoms with Gasteiger partial charge < -0.3 is 15.4 Å². The summed E-state index contributed by atoms with van der Waals surface area (Å²) in [6.45, 7) is 2.35. The fourth-order valence-electron chi connectivity index (χ4n) is 2.83. The molecule has 116 valence electrons. The molecule has 1 unspecified atom stereocenters. The molecular formula is C15H20Cl2N2O2. The predicted octanol–water partition coefficient (Wildman–Crippen LogP) is 2.18. The average Bonchev–Trinajstić information content (AvgIpc) is 2.47. The Morgan fingerprint density at radius 3 is 3.05 bits per heavy atom. The lowest BCUT2D eigenvalue weighted by atomic mass is 9.95. The summed E-state index contributed by atoms with van der Waals surface area (Å²) in [7, 11) is 0. The predicted molar refractivity (Wildman–Crippen MR) is 85.4 cm³/mol. The SMILES string of the molecule is Cl.O=C(N[C@H]1CCCNC1)C1COc2ccc(Cl)cc2C1. The van der Waals surface area contributed by atoms with E-state index in [-0.39, 0.29) is 30.3 Å². The van der Waals surface area contributed by atoms with Crippen LogP contribution in [0.3, 0.4) is 0 Å². The van der Waals surface area contributed by atoms with Gasteiger partial charge >= 0.3 is 0 Å². The van der Waals surface area contributed by atoms with E-state index in [1.165, 1.54) is 0 Å². The fourth-order valence-corrected chi connectivity index (χ4v) is 3.02. The van der Waals surface area contributed by atoms with Crippen LogP contribution in [-0.2, 0) is 11.2 Å². The first-order valence-electron chi connectivity index (χ1n) is 7.14. The van der Waals surface area contributed by atoms with Gasteiger partial charge in [-0.1, -0.05) is 11.6 Å². The maximum atomic E-state index is 12.3. The van der Waals surface area contributed by atoms with E-state index in [1.54, 1.807) is 0 Å². The maximum Gasteiger partial charge on any atom is 0.227 e. The van der Waals surface area contributed by atoms with Crippen LogP contribution in [-0.4, -0.2) is 31.6 Å². The van der Waals surface area contributed by atoms with Crippen LogP contribution in [0, 0.1) is 5.92 Å². The number of carbonyl (C=O) groups is 1. The lowest BCUT2D eigenvalue weighted by Gasteiger charge is -2.28. The molecule has 1 aromatic carbocycles. The molecule has 3 rings (SSSR count). The van der Waals surface area contributed by atoms with Crippen molar-refractivity contribution in [2.45, 2.75) is 25.3 Å². The smallest absolute Gasteiger partial charge is 0.227 e. The zero-order chi connectivity index (χ0) is 13.9. The molecule has 1 saturated heterocycles. The molecule has 1 amide bonds. The number of hydrogen-bond donors (Lipinski definition) is 2. The summed E-state index contributed by atoms with van der Waals surface area (Å²) >= 11 is 6.00. The van der Waals surface area contributed by atoms with E-state index in [0.29, 0.717) is 18.1 Å². The minimum Gasteiger partial charge on any atom is -0.492 e. The van der Waals surface area contributed by atoms with E-state index in [2.05, 4.69) is 10.6 Å². The van der Waals surface area contributed by atoms with Crippen molar-refractivity contribution in [1.29, 1.82) is 0 Å². The summed E-state index contributed by atoms with van der Waals surface area (Å²) in [5.41, 5.74) is 1.02. The van der Waals surface area contributed by atoms with Gasteiger partial charge in [0.1, 0.15) is 12.4 Å². The topological polar surface area (TPSA) is 50.4 Å². The Labute approximate surface area is 136 Å². The lowest BCUT2D eigenvalue weighted by Crippen LogP contribution is -2.49. The Kier molecular flexibility index (Phi) is 5.73. The third-order valence-corrected chi connectivity index (χ3v) is 4.18. The number of piperidine rings is 1. The molecule has 2 N–H and O–H groups in total. The molecule has 2 atom stereocenters. The van der Waals surface area contributed by atoms with E-state index < -0.39 is 0 Å². The van der Waals surface area contributed by atoms with Crippen LogP contribution in [0.2, 0.25) is 5.02 Å². The Hall–Kier alpha value is -0.970. The number of amides is 1. The Balaban J connectivity index is 0.00000161. The third-order valence-electron chi connectivity index (χ3n) is 3.94. The van der Waals surface area contributed by atoms with E-state index in [1.807, 2.05) is 18.2 Å². The van der Waals surface area contributed by atoms with Crippen LogP contribution in [0.15, 0.2) is 18.2 Å². The number of halogens is 2. The fraction of sp³-hybridized carbons (Fsp3) is 0.533.